The van der Waals surface area contributed by atoms with Crippen molar-refractivity contribution in [1.82, 2.24) is 19.8 Å². The van der Waals surface area contributed by atoms with Gasteiger partial charge in [0.05, 0.1) is 23.1 Å². The molecule has 198 valence electrons. The summed E-state index contributed by atoms with van der Waals surface area (Å²) in [5.74, 6) is 0.722. The number of nitrogens with zero attached hydrogens (tertiary/aromatic N) is 2. The van der Waals surface area contributed by atoms with Crippen molar-refractivity contribution in [3.63, 3.8) is 0 Å². The van der Waals surface area contributed by atoms with E-state index in [-0.39, 0.29) is 17.4 Å². The maximum atomic E-state index is 13.9. The van der Waals surface area contributed by atoms with Crippen molar-refractivity contribution < 1.29 is 13.9 Å². The van der Waals surface area contributed by atoms with Crippen LogP contribution in [0.4, 0.5) is 10.2 Å². The number of aromatic nitrogens is 2. The van der Waals surface area contributed by atoms with Gasteiger partial charge in [-0.05, 0) is 69.2 Å². The van der Waals surface area contributed by atoms with Crippen molar-refractivity contribution in [1.29, 1.82) is 0 Å². The molecule has 0 fully saturated rings. The highest BCUT2D eigenvalue weighted by Crippen LogP contribution is 2.30. The van der Waals surface area contributed by atoms with Crippen molar-refractivity contribution in [2.45, 2.75) is 33.6 Å². The van der Waals surface area contributed by atoms with Gasteiger partial charge in [0.15, 0.2) is 0 Å². The first-order valence-corrected chi connectivity index (χ1v) is 13.5. The van der Waals surface area contributed by atoms with E-state index in [0.717, 1.165) is 17.7 Å². The second-order valence-electron chi connectivity index (χ2n) is 9.09. The van der Waals surface area contributed by atoms with Gasteiger partial charge in [-0.3, -0.25) is 4.79 Å². The van der Waals surface area contributed by atoms with Crippen LogP contribution in [0.25, 0.3) is 5.69 Å². The quantitative estimate of drug-likeness (QED) is 0.190. The zero-order valence-electron chi connectivity index (χ0n) is 22.0. The first-order valence-electron chi connectivity index (χ1n) is 12.3. The third-order valence-corrected chi connectivity index (χ3v) is 6.74. The minimum absolute atomic E-state index is 0.215. The Kier molecular flexibility index (Phi) is 8.58. The summed E-state index contributed by atoms with van der Waals surface area (Å²) < 4.78 is 24.6. The maximum Gasteiger partial charge on any atom is 0.213 e. The van der Waals surface area contributed by atoms with E-state index in [9.17, 15) is 9.18 Å². The van der Waals surface area contributed by atoms with Crippen molar-refractivity contribution in [2.75, 3.05) is 18.5 Å². The number of nitrogens with one attached hydrogen (secondary N) is 2. The number of nitrogen functional groups attached to an aromatic ring is 1. The molecule has 9 heteroatoms. The molecule has 0 spiro atoms. The number of carbonyl (C=O) groups excluding carboxylic acids is 1. The lowest BCUT2D eigenvalue weighted by atomic mass is 10.1. The fraction of sp³-hybridized carbons (Fsp3) is 0.241. The number of rotatable bonds is 7. The second-order valence-corrected chi connectivity index (χ2v) is 9.71. The van der Waals surface area contributed by atoms with Crippen molar-refractivity contribution in [3.05, 3.63) is 100 Å². The number of carbonyl (C=O) groups is 1. The van der Waals surface area contributed by atoms with Gasteiger partial charge in [0.2, 0.25) is 5.78 Å². The van der Waals surface area contributed by atoms with E-state index < -0.39 is 0 Å². The molecule has 0 aliphatic carbocycles. The van der Waals surface area contributed by atoms with E-state index in [1.165, 1.54) is 17.8 Å². The van der Waals surface area contributed by atoms with Gasteiger partial charge in [0, 0.05) is 30.5 Å². The second kappa shape index (κ2) is 12.0. The molecule has 3 aromatic rings. The fourth-order valence-corrected chi connectivity index (χ4v) is 4.60. The highest BCUT2D eigenvalue weighted by molar-refractivity contribution is 7.96. The minimum atomic E-state index is -0.323. The summed E-state index contributed by atoms with van der Waals surface area (Å²) in [6.07, 6.45) is 11.0. The summed E-state index contributed by atoms with van der Waals surface area (Å²) >= 11 is 1.54. The van der Waals surface area contributed by atoms with Crippen LogP contribution in [-0.4, -0.2) is 28.4 Å². The van der Waals surface area contributed by atoms with Gasteiger partial charge in [-0.1, -0.05) is 35.7 Å². The number of hydrogen-bond donors (Lipinski definition) is 3. The van der Waals surface area contributed by atoms with Crippen LogP contribution >= 0.6 is 11.9 Å². The van der Waals surface area contributed by atoms with Gasteiger partial charge in [0.25, 0.3) is 0 Å². The van der Waals surface area contributed by atoms with Crippen LogP contribution in [-0.2, 0) is 0 Å². The van der Waals surface area contributed by atoms with Crippen molar-refractivity contribution in [2.24, 2.45) is 0 Å². The van der Waals surface area contributed by atoms with Gasteiger partial charge in [-0.2, -0.15) is 5.10 Å². The van der Waals surface area contributed by atoms with E-state index in [0.29, 0.717) is 47.0 Å². The number of benzene rings is 2. The predicted molar refractivity (Wildman–Crippen MR) is 152 cm³/mol. The Hall–Kier alpha value is -3.98. The van der Waals surface area contributed by atoms with Crippen molar-refractivity contribution >= 4 is 23.5 Å². The highest BCUT2D eigenvalue weighted by atomic mass is 32.2. The molecule has 0 saturated heterocycles. The molecule has 1 aliphatic rings. The highest BCUT2D eigenvalue weighted by Gasteiger charge is 2.21. The number of ether oxygens (including phenoxy) is 1. The number of hydrogen-bond acceptors (Lipinski definition) is 7. The minimum Gasteiger partial charge on any atom is -0.457 e. The molecule has 0 unspecified atom stereocenters. The summed E-state index contributed by atoms with van der Waals surface area (Å²) in [5, 5.41) is 7.65. The summed E-state index contributed by atoms with van der Waals surface area (Å²) in [6, 6.07) is 10.1. The molecule has 0 bridgehead atoms. The molecule has 2 heterocycles. The van der Waals surface area contributed by atoms with Crippen molar-refractivity contribution in [3.8, 4) is 17.2 Å². The smallest absolute Gasteiger partial charge is 0.213 e. The van der Waals surface area contributed by atoms with Crippen LogP contribution < -0.4 is 20.5 Å². The lowest BCUT2D eigenvalue weighted by Crippen LogP contribution is -2.22. The van der Waals surface area contributed by atoms with Gasteiger partial charge in [-0.15, -0.1) is 0 Å². The Labute approximate surface area is 226 Å². The van der Waals surface area contributed by atoms with Crippen LogP contribution in [0, 0.1) is 19.7 Å². The first kappa shape index (κ1) is 27.1. The number of anilines is 1. The van der Waals surface area contributed by atoms with Crippen LogP contribution in [0.2, 0.25) is 0 Å². The molecular formula is C29H32FN5O2S. The van der Waals surface area contributed by atoms with Gasteiger partial charge in [-0.25, -0.2) is 9.07 Å². The summed E-state index contributed by atoms with van der Waals surface area (Å²) in [6.45, 7) is 6.16. The van der Waals surface area contributed by atoms with E-state index >= 15 is 0 Å². The Morgan fingerprint density at radius 2 is 2.00 bits per heavy atom. The molecule has 0 atom stereocenters. The standard InChI is InChI=1S/C29H32FN5O2S/c1-18-7-5-9-25(32-14-13-21(15-18)34-38-4)28(36)23-17-33-35(29(23)31)26-12-11-22(16-19(26)2)37-27-10-6-8-24(30)20(27)3/h6-13,16-17,32,34H,5,14-15,31H2,1-4H3/b18-7-,21-13+,25-9-. The fourth-order valence-electron chi connectivity index (χ4n) is 4.19. The molecule has 4 N–H and O–H groups in total. The molecule has 0 amide bonds. The SMILES string of the molecule is CSN/C1=C/CN/C(C(=O)c2cnn(-c3ccc(Oc4cccc(F)c4C)cc3C)c2N)=C\C/C=C(/C)C1. The van der Waals surface area contributed by atoms with Gasteiger partial charge < -0.3 is 20.5 Å². The van der Waals surface area contributed by atoms with E-state index in [4.69, 9.17) is 10.5 Å². The van der Waals surface area contributed by atoms with Crippen LogP contribution in [0.5, 0.6) is 11.5 Å². The Morgan fingerprint density at radius 1 is 1.18 bits per heavy atom. The van der Waals surface area contributed by atoms with Gasteiger partial charge in [0.1, 0.15) is 23.1 Å². The first-order chi connectivity index (χ1) is 18.3. The molecule has 4 rings (SSSR count). The molecule has 2 aromatic carbocycles. The lowest BCUT2D eigenvalue weighted by Gasteiger charge is -2.14. The molecule has 7 nitrogen and oxygen atoms in total. The van der Waals surface area contributed by atoms with Gasteiger partial charge >= 0.3 is 0 Å². The molecule has 1 aliphatic heterocycles. The Balaban J connectivity index is 1.56. The Morgan fingerprint density at radius 3 is 2.76 bits per heavy atom. The summed E-state index contributed by atoms with van der Waals surface area (Å²) in [7, 11) is 0. The van der Waals surface area contributed by atoms with Crippen LogP contribution in [0.1, 0.15) is 41.3 Å². The third-order valence-electron chi connectivity index (χ3n) is 6.27. The lowest BCUT2D eigenvalue weighted by molar-refractivity contribution is 0.102. The summed E-state index contributed by atoms with van der Waals surface area (Å²) in [5.41, 5.74) is 11.5. The number of Topliss-reactive ketones (excluding diaryl/α,β-unsaturated/α-hetero) is 1. The molecule has 38 heavy (non-hydrogen) atoms. The topological polar surface area (TPSA) is 94.2 Å². The van der Waals surface area contributed by atoms with Crippen LogP contribution in [0.15, 0.2) is 77.8 Å². The number of halogens is 1. The van der Waals surface area contributed by atoms with Crippen LogP contribution in [0.3, 0.4) is 0 Å². The monoisotopic (exact) mass is 533 g/mol. The number of ketones is 1. The summed E-state index contributed by atoms with van der Waals surface area (Å²) in [4.78, 5) is 13.4. The zero-order chi connectivity index (χ0) is 27.2. The molecular weight excluding hydrogens is 501 g/mol. The number of nitrogens with two attached hydrogens (primary N) is 1. The average Bonchev–Trinajstić information content (AvgIpc) is 3.26. The van der Waals surface area contributed by atoms with E-state index in [2.05, 4.69) is 28.1 Å². The largest absolute Gasteiger partial charge is 0.457 e. The van der Waals surface area contributed by atoms with E-state index in [1.807, 2.05) is 37.5 Å². The maximum absolute atomic E-state index is 13.9. The predicted octanol–water partition coefficient (Wildman–Crippen LogP) is 6.15. The van der Waals surface area contributed by atoms with E-state index in [1.54, 1.807) is 41.8 Å². The molecule has 1 aromatic heterocycles. The number of allylic oxidation sites excluding steroid dienone is 4. The molecule has 0 saturated carbocycles. The zero-order valence-corrected chi connectivity index (χ0v) is 22.8. The molecule has 0 radical (unpaired) electrons. The Bertz CT molecular complexity index is 1440. The number of aryl methyl sites for hydroxylation is 1. The average molecular weight is 534 g/mol. The normalized spacial score (nSPS) is 18.2. The third kappa shape index (κ3) is 6.11.